The average Bonchev–Trinajstić information content (AvgIpc) is 2.65. The topological polar surface area (TPSA) is 101 Å². The number of ketones is 1. The van der Waals surface area contributed by atoms with Crippen molar-refractivity contribution in [3.05, 3.63) is 65.0 Å². The first kappa shape index (κ1) is 19.9. The summed E-state index contributed by atoms with van der Waals surface area (Å²) < 4.78 is 44.4. The number of amidine groups is 1. The number of methoxy groups -OCH3 is 1. The molecule has 1 unspecified atom stereocenters. The molecule has 0 aliphatic rings. The van der Waals surface area contributed by atoms with Crippen LogP contribution < -0.4 is 5.73 Å². The van der Waals surface area contributed by atoms with Crippen molar-refractivity contribution in [3.8, 4) is 6.07 Å². The van der Waals surface area contributed by atoms with E-state index in [9.17, 15) is 18.0 Å². The number of nitrogens with two attached hydrogens (primary N) is 1. The highest BCUT2D eigenvalue weighted by Gasteiger charge is 2.41. The molecule has 0 amide bonds. The van der Waals surface area contributed by atoms with E-state index in [4.69, 9.17) is 11.0 Å². The van der Waals surface area contributed by atoms with E-state index in [1.165, 1.54) is 42.6 Å². The molecule has 9 heteroatoms. The second kappa shape index (κ2) is 8.31. The van der Waals surface area contributed by atoms with Gasteiger partial charge in [0.15, 0.2) is 11.8 Å². The standard InChI is InChI=1S/C18H15F3N4O2/c1-27-17(23)25-16(18(19,20)21)13-4-2-3-11(7-13)8-15(26)14-6-5-12(9-22)10-24-14/h2-7,10,16H,8H2,1H3,(H2,23,25). The fourth-order valence-electron chi connectivity index (χ4n) is 2.29. The molecule has 2 N–H and O–H groups in total. The molecule has 0 radical (unpaired) electrons. The lowest BCUT2D eigenvalue weighted by Gasteiger charge is -2.18. The van der Waals surface area contributed by atoms with E-state index >= 15 is 0 Å². The van der Waals surface area contributed by atoms with Crippen molar-refractivity contribution in [2.45, 2.75) is 18.6 Å². The molecule has 0 bridgehead atoms. The first-order valence-electron chi connectivity index (χ1n) is 7.66. The first-order chi connectivity index (χ1) is 12.7. The van der Waals surface area contributed by atoms with Crippen molar-refractivity contribution in [2.24, 2.45) is 10.7 Å². The van der Waals surface area contributed by atoms with Crippen LogP contribution in [-0.4, -0.2) is 30.1 Å². The number of aliphatic imine (C=N–C) groups is 1. The molecule has 0 saturated heterocycles. The normalized spacial score (nSPS) is 12.9. The fourth-order valence-corrected chi connectivity index (χ4v) is 2.29. The summed E-state index contributed by atoms with van der Waals surface area (Å²) in [6.45, 7) is 0. The highest BCUT2D eigenvalue weighted by atomic mass is 19.4. The summed E-state index contributed by atoms with van der Waals surface area (Å²) in [4.78, 5) is 19.5. The number of benzene rings is 1. The molecule has 0 aliphatic heterocycles. The van der Waals surface area contributed by atoms with Gasteiger partial charge in [-0.15, -0.1) is 0 Å². The van der Waals surface area contributed by atoms with E-state index in [1.54, 1.807) is 0 Å². The fraction of sp³-hybridized carbons (Fsp3) is 0.222. The Hall–Kier alpha value is -3.41. The Morgan fingerprint density at radius 1 is 1.37 bits per heavy atom. The number of aromatic nitrogens is 1. The molecule has 0 spiro atoms. The minimum atomic E-state index is -4.68. The van der Waals surface area contributed by atoms with Crippen LogP contribution in [0.3, 0.4) is 0 Å². The minimum absolute atomic E-state index is 0.119. The van der Waals surface area contributed by atoms with Gasteiger partial charge in [-0.3, -0.25) is 9.78 Å². The van der Waals surface area contributed by atoms with Gasteiger partial charge in [-0.2, -0.15) is 18.4 Å². The smallest absolute Gasteiger partial charge is 0.415 e. The lowest BCUT2D eigenvalue weighted by molar-refractivity contribution is -0.148. The molecule has 2 rings (SSSR count). The van der Waals surface area contributed by atoms with Crippen LogP contribution in [-0.2, 0) is 11.2 Å². The van der Waals surface area contributed by atoms with Gasteiger partial charge in [0, 0.05) is 12.6 Å². The van der Waals surface area contributed by atoms with E-state index < -0.39 is 18.2 Å². The van der Waals surface area contributed by atoms with Gasteiger partial charge in [0.25, 0.3) is 6.02 Å². The molecule has 2 aromatic rings. The first-order valence-corrected chi connectivity index (χ1v) is 7.66. The molecule has 0 saturated carbocycles. The van der Waals surface area contributed by atoms with Crippen LogP contribution in [0.15, 0.2) is 47.6 Å². The van der Waals surface area contributed by atoms with E-state index in [0.717, 1.165) is 7.11 Å². The number of alkyl halides is 3. The van der Waals surface area contributed by atoms with Crippen LogP contribution in [0, 0.1) is 11.3 Å². The summed E-state index contributed by atoms with van der Waals surface area (Å²) in [6, 6.07) is 7.34. The summed E-state index contributed by atoms with van der Waals surface area (Å²) in [5, 5.41) is 8.74. The summed E-state index contributed by atoms with van der Waals surface area (Å²) in [6.07, 6.45) is -3.58. The number of hydrogen-bond donors (Lipinski definition) is 1. The summed E-state index contributed by atoms with van der Waals surface area (Å²) in [7, 11) is 1.12. The molecular weight excluding hydrogens is 361 g/mol. The van der Waals surface area contributed by atoms with Crippen molar-refractivity contribution in [3.63, 3.8) is 0 Å². The molecule has 1 aromatic carbocycles. The summed E-state index contributed by atoms with van der Waals surface area (Å²) in [5.41, 5.74) is 5.89. The molecule has 1 aromatic heterocycles. The van der Waals surface area contributed by atoms with Crippen LogP contribution in [0.25, 0.3) is 0 Å². The number of Topliss-reactive ketones (excluding diaryl/α,β-unsaturated/α-hetero) is 1. The van der Waals surface area contributed by atoms with Gasteiger partial charge in [0.2, 0.25) is 0 Å². The Labute approximate surface area is 153 Å². The zero-order chi connectivity index (χ0) is 20.0. The van der Waals surface area contributed by atoms with Crippen LogP contribution in [0.2, 0.25) is 0 Å². The Morgan fingerprint density at radius 3 is 2.67 bits per heavy atom. The number of pyridine rings is 1. The molecule has 1 heterocycles. The van der Waals surface area contributed by atoms with Crippen LogP contribution in [0.5, 0.6) is 0 Å². The van der Waals surface area contributed by atoms with Gasteiger partial charge in [-0.05, 0) is 23.3 Å². The zero-order valence-corrected chi connectivity index (χ0v) is 14.2. The van der Waals surface area contributed by atoms with E-state index in [1.807, 2.05) is 6.07 Å². The lowest BCUT2D eigenvalue weighted by Crippen LogP contribution is -2.24. The number of nitrogens with zero attached hydrogens (tertiary/aromatic N) is 3. The monoisotopic (exact) mass is 376 g/mol. The van der Waals surface area contributed by atoms with E-state index in [-0.39, 0.29) is 23.5 Å². The van der Waals surface area contributed by atoms with Crippen molar-refractivity contribution >= 4 is 11.8 Å². The van der Waals surface area contributed by atoms with Crippen molar-refractivity contribution in [1.29, 1.82) is 5.26 Å². The molecular formula is C18H15F3N4O2. The highest BCUT2D eigenvalue weighted by molar-refractivity contribution is 5.95. The summed E-state index contributed by atoms with van der Waals surface area (Å²) in [5.74, 6) is -0.389. The van der Waals surface area contributed by atoms with Crippen LogP contribution in [0.4, 0.5) is 13.2 Å². The summed E-state index contributed by atoms with van der Waals surface area (Å²) >= 11 is 0. The number of carbonyl (C=O) groups is 1. The molecule has 0 aliphatic carbocycles. The minimum Gasteiger partial charge on any atom is -0.469 e. The molecule has 6 nitrogen and oxygen atoms in total. The van der Waals surface area contributed by atoms with Gasteiger partial charge < -0.3 is 10.5 Å². The van der Waals surface area contributed by atoms with E-state index in [0.29, 0.717) is 11.1 Å². The number of hydrogen-bond acceptors (Lipinski definition) is 5. The predicted octanol–water partition coefficient (Wildman–Crippen LogP) is 2.94. The molecule has 140 valence electrons. The average molecular weight is 376 g/mol. The second-order valence-corrected chi connectivity index (χ2v) is 5.50. The van der Waals surface area contributed by atoms with Crippen molar-refractivity contribution < 1.29 is 22.7 Å². The number of nitriles is 1. The Bertz CT molecular complexity index is 887. The third-order valence-electron chi connectivity index (χ3n) is 3.59. The van der Waals surface area contributed by atoms with Crippen molar-refractivity contribution in [1.82, 2.24) is 4.98 Å². The van der Waals surface area contributed by atoms with Crippen molar-refractivity contribution in [2.75, 3.05) is 7.11 Å². The van der Waals surface area contributed by atoms with Gasteiger partial charge >= 0.3 is 6.18 Å². The Balaban J connectivity index is 2.27. The molecule has 1 atom stereocenters. The largest absolute Gasteiger partial charge is 0.469 e. The maximum absolute atomic E-state index is 13.3. The third-order valence-corrected chi connectivity index (χ3v) is 3.59. The molecule has 0 fully saturated rings. The van der Waals surface area contributed by atoms with Gasteiger partial charge in [-0.25, -0.2) is 4.99 Å². The van der Waals surface area contributed by atoms with Crippen LogP contribution in [0.1, 0.15) is 33.2 Å². The van der Waals surface area contributed by atoms with Gasteiger partial charge in [0.05, 0.1) is 12.7 Å². The maximum Gasteiger partial charge on any atom is 0.415 e. The number of halogens is 3. The second-order valence-electron chi connectivity index (χ2n) is 5.50. The zero-order valence-electron chi connectivity index (χ0n) is 14.2. The quantitative estimate of drug-likeness (QED) is 0.491. The van der Waals surface area contributed by atoms with Gasteiger partial charge in [0.1, 0.15) is 11.8 Å². The lowest BCUT2D eigenvalue weighted by atomic mass is 10.00. The Kier molecular flexibility index (Phi) is 6.13. The molecule has 27 heavy (non-hydrogen) atoms. The Morgan fingerprint density at radius 2 is 2.11 bits per heavy atom. The van der Waals surface area contributed by atoms with Gasteiger partial charge in [-0.1, -0.05) is 24.3 Å². The maximum atomic E-state index is 13.3. The third kappa shape index (κ3) is 5.28. The number of ether oxygens (including phenoxy) is 1. The highest BCUT2D eigenvalue weighted by Crippen LogP contribution is 2.36. The SMILES string of the molecule is COC(N)=NC(c1cccc(CC(=O)c2ccc(C#N)cn2)c1)C(F)(F)F. The van der Waals surface area contributed by atoms with Crippen LogP contribution >= 0.6 is 0 Å². The predicted molar refractivity (Wildman–Crippen MR) is 90.9 cm³/mol. The number of carbonyl (C=O) groups excluding carboxylic acids is 1. The van der Waals surface area contributed by atoms with E-state index in [2.05, 4.69) is 14.7 Å². The number of rotatable bonds is 5.